The van der Waals surface area contributed by atoms with E-state index in [1.165, 1.54) is 12.2 Å². The van der Waals surface area contributed by atoms with Gasteiger partial charge in [-0.05, 0) is 38.6 Å². The lowest BCUT2D eigenvalue weighted by molar-refractivity contribution is 0.148. The SMILES string of the molecule is CN1CCN(CCCN(C)C(=O)NC2CCCSC2)CC1. The zero-order chi connectivity index (χ0) is 15.1. The van der Waals surface area contributed by atoms with Crippen LogP contribution >= 0.6 is 11.8 Å². The smallest absolute Gasteiger partial charge is 0.317 e. The van der Waals surface area contributed by atoms with Gasteiger partial charge in [-0.3, -0.25) is 0 Å². The average molecular weight is 314 g/mol. The maximum absolute atomic E-state index is 12.1. The van der Waals surface area contributed by atoms with Crippen LogP contribution in [0.4, 0.5) is 4.79 Å². The summed E-state index contributed by atoms with van der Waals surface area (Å²) in [6.45, 7) is 6.59. The zero-order valence-corrected chi connectivity index (χ0v) is 14.3. The van der Waals surface area contributed by atoms with Gasteiger partial charge in [-0.15, -0.1) is 0 Å². The summed E-state index contributed by atoms with van der Waals surface area (Å²) in [5.41, 5.74) is 0. The van der Waals surface area contributed by atoms with E-state index < -0.39 is 0 Å². The third-order valence-electron chi connectivity index (χ3n) is 4.40. The van der Waals surface area contributed by atoms with Crippen molar-refractivity contribution in [2.24, 2.45) is 0 Å². The largest absolute Gasteiger partial charge is 0.334 e. The van der Waals surface area contributed by atoms with Crippen molar-refractivity contribution in [1.29, 1.82) is 0 Å². The number of urea groups is 1. The summed E-state index contributed by atoms with van der Waals surface area (Å²) >= 11 is 1.95. The summed E-state index contributed by atoms with van der Waals surface area (Å²) in [5, 5.41) is 3.16. The lowest BCUT2D eigenvalue weighted by atomic mass is 10.2. The molecule has 2 aliphatic rings. The Bertz CT molecular complexity index is 315. The molecule has 0 bridgehead atoms. The number of piperazine rings is 1. The molecule has 2 rings (SSSR count). The highest BCUT2D eigenvalue weighted by molar-refractivity contribution is 7.99. The summed E-state index contributed by atoms with van der Waals surface area (Å²) in [5.74, 6) is 2.31. The molecule has 1 N–H and O–H groups in total. The monoisotopic (exact) mass is 314 g/mol. The second-order valence-electron chi connectivity index (χ2n) is 6.28. The maximum Gasteiger partial charge on any atom is 0.317 e. The second-order valence-corrected chi connectivity index (χ2v) is 7.43. The molecular formula is C15H30N4OS. The van der Waals surface area contributed by atoms with Crippen molar-refractivity contribution in [3.8, 4) is 0 Å². The topological polar surface area (TPSA) is 38.8 Å². The molecule has 2 aliphatic heterocycles. The molecule has 6 heteroatoms. The molecule has 21 heavy (non-hydrogen) atoms. The normalized spacial score (nSPS) is 24.8. The van der Waals surface area contributed by atoms with Crippen molar-refractivity contribution in [3.05, 3.63) is 0 Å². The molecule has 0 aliphatic carbocycles. The first kappa shape index (κ1) is 16.9. The van der Waals surface area contributed by atoms with Crippen LogP contribution in [0.3, 0.4) is 0 Å². The minimum absolute atomic E-state index is 0.0980. The fourth-order valence-corrected chi connectivity index (χ4v) is 3.92. The predicted molar refractivity (Wildman–Crippen MR) is 90.1 cm³/mol. The molecule has 0 aromatic carbocycles. The molecule has 0 aromatic rings. The van der Waals surface area contributed by atoms with Crippen molar-refractivity contribution < 1.29 is 4.79 Å². The van der Waals surface area contributed by atoms with Crippen LogP contribution in [0.15, 0.2) is 0 Å². The molecule has 1 unspecified atom stereocenters. The molecular weight excluding hydrogens is 284 g/mol. The van der Waals surface area contributed by atoms with Gasteiger partial charge < -0.3 is 20.0 Å². The second kappa shape index (κ2) is 8.86. The summed E-state index contributed by atoms with van der Waals surface area (Å²) in [6, 6.07) is 0.470. The Hall–Kier alpha value is -0.460. The maximum atomic E-state index is 12.1. The van der Waals surface area contributed by atoms with Gasteiger partial charge in [-0.2, -0.15) is 11.8 Å². The number of carbonyl (C=O) groups excluding carboxylic acids is 1. The van der Waals surface area contributed by atoms with Gasteiger partial charge in [0.2, 0.25) is 0 Å². The van der Waals surface area contributed by atoms with Crippen molar-refractivity contribution in [1.82, 2.24) is 20.0 Å². The molecule has 1 atom stereocenters. The molecule has 2 saturated heterocycles. The van der Waals surface area contributed by atoms with E-state index >= 15 is 0 Å². The number of likely N-dealkylation sites (N-methyl/N-ethyl adjacent to an activating group) is 1. The molecule has 0 radical (unpaired) electrons. The number of thioether (sulfide) groups is 1. The zero-order valence-electron chi connectivity index (χ0n) is 13.5. The van der Waals surface area contributed by atoms with Crippen LogP contribution in [-0.2, 0) is 0 Å². The van der Waals surface area contributed by atoms with Crippen LogP contribution in [0.5, 0.6) is 0 Å². The Labute approximate surface area is 133 Å². The first-order valence-corrected chi connectivity index (χ1v) is 9.31. The van der Waals surface area contributed by atoms with E-state index in [1.807, 2.05) is 23.7 Å². The fraction of sp³-hybridized carbons (Fsp3) is 0.933. The number of hydrogen-bond donors (Lipinski definition) is 1. The minimum atomic E-state index is 0.0980. The third kappa shape index (κ3) is 6.04. The van der Waals surface area contributed by atoms with Gasteiger partial charge in [0, 0.05) is 51.6 Å². The first-order chi connectivity index (χ1) is 10.1. The molecule has 0 aromatic heterocycles. The summed E-state index contributed by atoms with van der Waals surface area (Å²) in [4.78, 5) is 18.8. The van der Waals surface area contributed by atoms with E-state index in [9.17, 15) is 4.79 Å². The van der Waals surface area contributed by atoms with Crippen molar-refractivity contribution in [2.75, 3.05) is 64.9 Å². The van der Waals surface area contributed by atoms with Gasteiger partial charge in [-0.25, -0.2) is 4.79 Å². The van der Waals surface area contributed by atoms with E-state index in [-0.39, 0.29) is 6.03 Å². The Balaban J connectivity index is 1.57. The summed E-state index contributed by atoms with van der Waals surface area (Å²) < 4.78 is 0. The van der Waals surface area contributed by atoms with Crippen molar-refractivity contribution in [2.45, 2.75) is 25.3 Å². The number of nitrogens with one attached hydrogen (secondary N) is 1. The van der Waals surface area contributed by atoms with E-state index in [2.05, 4.69) is 22.2 Å². The molecule has 0 saturated carbocycles. The van der Waals surface area contributed by atoms with Crippen molar-refractivity contribution in [3.63, 3.8) is 0 Å². The Kier molecular flexibility index (Phi) is 7.13. The fourth-order valence-electron chi connectivity index (χ4n) is 2.84. The van der Waals surface area contributed by atoms with Gasteiger partial charge in [0.15, 0.2) is 0 Å². The Morgan fingerprint density at radius 1 is 1.33 bits per heavy atom. The lowest BCUT2D eigenvalue weighted by Gasteiger charge is -2.32. The quantitative estimate of drug-likeness (QED) is 0.826. The molecule has 2 heterocycles. The minimum Gasteiger partial charge on any atom is -0.334 e. The third-order valence-corrected chi connectivity index (χ3v) is 5.61. The van der Waals surface area contributed by atoms with Crippen LogP contribution in [0.2, 0.25) is 0 Å². The first-order valence-electron chi connectivity index (χ1n) is 8.15. The highest BCUT2D eigenvalue weighted by Crippen LogP contribution is 2.16. The molecule has 5 nitrogen and oxygen atoms in total. The van der Waals surface area contributed by atoms with Crippen LogP contribution < -0.4 is 5.32 Å². The van der Waals surface area contributed by atoms with E-state index in [0.717, 1.165) is 57.9 Å². The van der Waals surface area contributed by atoms with Gasteiger partial charge >= 0.3 is 6.03 Å². The standard InChI is InChI=1S/C15H30N4OS/c1-17-8-10-19(11-9-17)7-4-6-18(2)15(20)16-14-5-3-12-21-13-14/h14H,3-13H2,1-2H3,(H,16,20). The molecule has 122 valence electrons. The van der Waals surface area contributed by atoms with Crippen LogP contribution in [0, 0.1) is 0 Å². The molecule has 2 amide bonds. The van der Waals surface area contributed by atoms with Crippen LogP contribution in [0.25, 0.3) is 0 Å². The van der Waals surface area contributed by atoms with E-state index in [1.54, 1.807) is 0 Å². The number of amides is 2. The Morgan fingerprint density at radius 3 is 2.76 bits per heavy atom. The summed E-state index contributed by atoms with van der Waals surface area (Å²) in [6.07, 6.45) is 3.42. The predicted octanol–water partition coefficient (Wildman–Crippen LogP) is 1.16. The van der Waals surface area contributed by atoms with E-state index in [0.29, 0.717) is 6.04 Å². The highest BCUT2D eigenvalue weighted by atomic mass is 32.2. The Morgan fingerprint density at radius 2 is 2.10 bits per heavy atom. The average Bonchev–Trinajstić information content (AvgIpc) is 2.50. The van der Waals surface area contributed by atoms with Gasteiger partial charge in [-0.1, -0.05) is 0 Å². The number of hydrogen-bond acceptors (Lipinski definition) is 4. The van der Waals surface area contributed by atoms with Crippen LogP contribution in [-0.4, -0.2) is 91.6 Å². The number of rotatable bonds is 5. The van der Waals surface area contributed by atoms with E-state index in [4.69, 9.17) is 0 Å². The van der Waals surface area contributed by atoms with Gasteiger partial charge in [0.25, 0.3) is 0 Å². The van der Waals surface area contributed by atoms with Gasteiger partial charge in [0.1, 0.15) is 0 Å². The number of nitrogens with zero attached hydrogens (tertiary/aromatic N) is 3. The van der Waals surface area contributed by atoms with Gasteiger partial charge in [0.05, 0.1) is 0 Å². The highest BCUT2D eigenvalue weighted by Gasteiger charge is 2.18. The number of carbonyl (C=O) groups is 1. The molecule has 2 fully saturated rings. The van der Waals surface area contributed by atoms with Crippen LogP contribution in [0.1, 0.15) is 19.3 Å². The molecule has 0 spiro atoms. The summed E-state index contributed by atoms with van der Waals surface area (Å²) in [7, 11) is 4.09. The lowest BCUT2D eigenvalue weighted by Crippen LogP contribution is -2.47. The van der Waals surface area contributed by atoms with Crippen molar-refractivity contribution >= 4 is 17.8 Å².